The lowest BCUT2D eigenvalue weighted by atomic mass is 9.79. The first-order valence-electron chi connectivity index (χ1n) is 6.04. The summed E-state index contributed by atoms with van der Waals surface area (Å²) >= 11 is 0. The minimum atomic E-state index is -0.670. The maximum Gasteiger partial charge on any atom is 0.162 e. The van der Waals surface area contributed by atoms with Gasteiger partial charge in [-0.05, 0) is 42.7 Å². The summed E-state index contributed by atoms with van der Waals surface area (Å²) in [5.74, 6) is -0.350. The third-order valence-corrected chi connectivity index (χ3v) is 3.76. The highest BCUT2D eigenvalue weighted by Gasteiger charge is 2.23. The summed E-state index contributed by atoms with van der Waals surface area (Å²) in [7, 11) is 0. The predicted molar refractivity (Wildman–Crippen MR) is 61.5 cm³/mol. The molecule has 0 aliphatic heterocycles. The molecule has 0 atom stereocenters. The summed E-state index contributed by atoms with van der Waals surface area (Å²) in [6.07, 6.45) is 4.22. The number of rotatable bonds is 1. The Morgan fingerprint density at radius 2 is 1.62 bits per heavy atom. The molecule has 0 unspecified atom stereocenters. The van der Waals surface area contributed by atoms with E-state index >= 15 is 0 Å². The molecular weight excluding hydrogens is 206 g/mol. The summed E-state index contributed by atoms with van der Waals surface area (Å²) in [6.45, 7) is 3.83. The second-order valence-corrected chi connectivity index (χ2v) is 5.06. The summed E-state index contributed by atoms with van der Waals surface area (Å²) in [4.78, 5) is 0. The average Bonchev–Trinajstić information content (AvgIpc) is 2.28. The van der Waals surface area contributed by atoms with Gasteiger partial charge in [-0.3, -0.25) is 0 Å². The lowest BCUT2D eigenvalue weighted by Crippen LogP contribution is -2.13. The van der Waals surface area contributed by atoms with E-state index in [-0.39, 0.29) is 5.92 Å². The van der Waals surface area contributed by atoms with Crippen molar-refractivity contribution in [1.82, 2.24) is 0 Å². The molecule has 88 valence electrons. The van der Waals surface area contributed by atoms with Gasteiger partial charge in [0.2, 0.25) is 0 Å². The number of halogens is 2. The minimum Gasteiger partial charge on any atom is -0.203 e. The Kier molecular flexibility index (Phi) is 3.27. The van der Waals surface area contributed by atoms with Crippen molar-refractivity contribution < 1.29 is 8.78 Å². The Bertz CT molecular complexity index is 377. The van der Waals surface area contributed by atoms with Crippen molar-refractivity contribution in [1.29, 1.82) is 0 Å². The van der Waals surface area contributed by atoms with Crippen molar-refractivity contribution in [3.05, 3.63) is 34.9 Å². The summed E-state index contributed by atoms with van der Waals surface area (Å²) < 4.78 is 27.2. The van der Waals surface area contributed by atoms with E-state index in [1.54, 1.807) is 19.1 Å². The lowest BCUT2D eigenvalue weighted by molar-refractivity contribution is 0.339. The monoisotopic (exact) mass is 224 g/mol. The normalized spacial score (nSPS) is 25.8. The van der Waals surface area contributed by atoms with E-state index in [0.717, 1.165) is 31.6 Å². The molecule has 0 nitrogen and oxygen atoms in total. The molecule has 1 fully saturated rings. The van der Waals surface area contributed by atoms with Crippen LogP contribution in [0.4, 0.5) is 8.78 Å². The van der Waals surface area contributed by atoms with E-state index in [2.05, 4.69) is 6.92 Å². The molecule has 2 heteroatoms. The van der Waals surface area contributed by atoms with Gasteiger partial charge in [-0.2, -0.15) is 0 Å². The molecule has 1 saturated carbocycles. The van der Waals surface area contributed by atoms with E-state index in [4.69, 9.17) is 0 Å². The van der Waals surface area contributed by atoms with Crippen molar-refractivity contribution in [3.63, 3.8) is 0 Å². The second-order valence-electron chi connectivity index (χ2n) is 5.06. The van der Waals surface area contributed by atoms with Crippen molar-refractivity contribution in [2.75, 3.05) is 0 Å². The maximum atomic E-state index is 13.8. The molecule has 1 aliphatic carbocycles. The van der Waals surface area contributed by atoms with Crippen molar-refractivity contribution >= 4 is 0 Å². The Hall–Kier alpha value is -0.920. The van der Waals surface area contributed by atoms with Gasteiger partial charge in [-0.25, -0.2) is 8.78 Å². The molecule has 0 N–H and O–H groups in total. The van der Waals surface area contributed by atoms with E-state index in [9.17, 15) is 8.78 Å². The largest absolute Gasteiger partial charge is 0.203 e. The van der Waals surface area contributed by atoms with Crippen LogP contribution in [0, 0.1) is 24.5 Å². The van der Waals surface area contributed by atoms with Crippen LogP contribution in [0.5, 0.6) is 0 Å². The van der Waals surface area contributed by atoms with Gasteiger partial charge in [0, 0.05) is 0 Å². The highest BCUT2D eigenvalue weighted by atomic mass is 19.2. The Labute approximate surface area is 95.7 Å². The first kappa shape index (κ1) is 11.6. The molecule has 1 aliphatic rings. The topological polar surface area (TPSA) is 0 Å². The second kappa shape index (κ2) is 4.52. The van der Waals surface area contributed by atoms with E-state index in [1.165, 1.54) is 0 Å². The SMILES string of the molecule is Cc1ccc(C2CCC(C)CC2)c(F)c1F. The summed E-state index contributed by atoms with van der Waals surface area (Å²) in [5.41, 5.74) is 0.973. The fraction of sp³-hybridized carbons (Fsp3) is 0.571. The Balaban J connectivity index is 2.24. The van der Waals surface area contributed by atoms with Crippen molar-refractivity contribution in [3.8, 4) is 0 Å². The van der Waals surface area contributed by atoms with Crippen LogP contribution in [-0.2, 0) is 0 Å². The van der Waals surface area contributed by atoms with Gasteiger partial charge in [0.1, 0.15) is 0 Å². The van der Waals surface area contributed by atoms with Gasteiger partial charge < -0.3 is 0 Å². The van der Waals surface area contributed by atoms with Crippen LogP contribution in [0.15, 0.2) is 12.1 Å². The van der Waals surface area contributed by atoms with Gasteiger partial charge in [-0.1, -0.05) is 31.9 Å². The Morgan fingerprint density at radius 3 is 2.25 bits per heavy atom. The molecule has 0 heterocycles. The van der Waals surface area contributed by atoms with Crippen LogP contribution in [0.25, 0.3) is 0 Å². The molecule has 1 aromatic carbocycles. The lowest BCUT2D eigenvalue weighted by Gasteiger charge is -2.26. The van der Waals surface area contributed by atoms with Crippen LogP contribution in [0.1, 0.15) is 49.7 Å². The van der Waals surface area contributed by atoms with Gasteiger partial charge in [0.25, 0.3) is 0 Å². The van der Waals surface area contributed by atoms with Crippen molar-refractivity contribution in [2.24, 2.45) is 5.92 Å². The smallest absolute Gasteiger partial charge is 0.162 e. The van der Waals surface area contributed by atoms with E-state index in [1.807, 2.05) is 0 Å². The predicted octanol–water partition coefficient (Wildman–Crippen LogP) is 4.57. The van der Waals surface area contributed by atoms with Crippen LogP contribution in [0.2, 0.25) is 0 Å². The first-order valence-corrected chi connectivity index (χ1v) is 6.04. The number of aryl methyl sites for hydroxylation is 1. The molecule has 1 aromatic rings. The van der Waals surface area contributed by atoms with Crippen LogP contribution < -0.4 is 0 Å². The third kappa shape index (κ3) is 2.11. The van der Waals surface area contributed by atoms with Gasteiger partial charge in [0.15, 0.2) is 11.6 Å². The van der Waals surface area contributed by atoms with Gasteiger partial charge in [0.05, 0.1) is 0 Å². The first-order chi connectivity index (χ1) is 7.59. The van der Waals surface area contributed by atoms with Gasteiger partial charge in [-0.15, -0.1) is 0 Å². The maximum absolute atomic E-state index is 13.8. The number of benzene rings is 1. The molecule has 2 rings (SSSR count). The third-order valence-electron chi connectivity index (χ3n) is 3.76. The fourth-order valence-electron chi connectivity index (χ4n) is 2.55. The molecule has 16 heavy (non-hydrogen) atoms. The molecule has 0 radical (unpaired) electrons. The fourth-order valence-corrected chi connectivity index (χ4v) is 2.55. The van der Waals surface area contributed by atoms with Gasteiger partial charge >= 0.3 is 0 Å². The van der Waals surface area contributed by atoms with Crippen LogP contribution in [-0.4, -0.2) is 0 Å². The van der Waals surface area contributed by atoms with Crippen LogP contribution >= 0.6 is 0 Å². The minimum absolute atomic E-state index is 0.214. The van der Waals surface area contributed by atoms with E-state index in [0.29, 0.717) is 11.1 Å². The molecule has 0 bridgehead atoms. The zero-order valence-corrected chi connectivity index (χ0v) is 9.89. The molecular formula is C14H18F2. The summed E-state index contributed by atoms with van der Waals surface area (Å²) in [6, 6.07) is 3.44. The van der Waals surface area contributed by atoms with E-state index < -0.39 is 11.6 Å². The molecule has 0 saturated heterocycles. The van der Waals surface area contributed by atoms with Crippen LogP contribution in [0.3, 0.4) is 0 Å². The zero-order valence-electron chi connectivity index (χ0n) is 9.89. The number of hydrogen-bond acceptors (Lipinski definition) is 0. The molecule has 0 spiro atoms. The highest BCUT2D eigenvalue weighted by molar-refractivity contribution is 5.28. The standard InChI is InChI=1S/C14H18F2/c1-9-3-6-11(7-4-9)12-8-5-10(2)13(15)14(12)16/h5,8-9,11H,3-4,6-7H2,1-2H3. The molecule has 0 amide bonds. The Morgan fingerprint density at radius 1 is 1.00 bits per heavy atom. The number of hydrogen-bond donors (Lipinski definition) is 0. The highest BCUT2D eigenvalue weighted by Crippen LogP contribution is 2.37. The molecule has 0 aromatic heterocycles. The summed E-state index contributed by atoms with van der Waals surface area (Å²) in [5, 5.41) is 0. The quantitative estimate of drug-likeness (QED) is 0.655. The zero-order chi connectivity index (χ0) is 11.7. The van der Waals surface area contributed by atoms with Crippen molar-refractivity contribution in [2.45, 2.75) is 45.4 Å². The average molecular weight is 224 g/mol.